The first-order valence-electron chi connectivity index (χ1n) is 20.2. The smallest absolute Gasteiger partial charge is 0.0794 e. The molecule has 2 aromatic heterocycles. The Kier molecular flexibility index (Phi) is 7.01. The molecular formula is C56H38N2. The Morgan fingerprint density at radius 2 is 1.00 bits per heavy atom. The van der Waals surface area contributed by atoms with Gasteiger partial charge in [-0.1, -0.05) is 153 Å². The zero-order valence-electron chi connectivity index (χ0n) is 32.4. The van der Waals surface area contributed by atoms with Gasteiger partial charge in [-0.2, -0.15) is 0 Å². The quantitative estimate of drug-likeness (QED) is 0.164. The van der Waals surface area contributed by atoms with Crippen LogP contribution in [0.2, 0.25) is 0 Å². The summed E-state index contributed by atoms with van der Waals surface area (Å²) in [7, 11) is 0. The Balaban J connectivity index is 1.05. The van der Waals surface area contributed by atoms with Crippen molar-refractivity contribution in [3.05, 3.63) is 205 Å². The lowest BCUT2D eigenvalue weighted by molar-refractivity contribution is 0.660. The fourth-order valence-corrected chi connectivity index (χ4v) is 10.00. The highest BCUT2D eigenvalue weighted by atomic mass is 15.0. The molecule has 12 rings (SSSR count). The van der Waals surface area contributed by atoms with Gasteiger partial charge in [0.25, 0.3) is 0 Å². The molecule has 2 heteroatoms. The van der Waals surface area contributed by atoms with E-state index in [0.29, 0.717) is 0 Å². The summed E-state index contributed by atoms with van der Waals surface area (Å²) in [5, 5.41) is 8.58. The Labute approximate surface area is 337 Å². The second-order valence-corrected chi connectivity index (χ2v) is 16.3. The molecule has 58 heavy (non-hydrogen) atoms. The van der Waals surface area contributed by atoms with Crippen LogP contribution < -0.4 is 0 Å². The van der Waals surface area contributed by atoms with E-state index in [1.807, 2.05) is 0 Å². The van der Waals surface area contributed by atoms with E-state index in [0.717, 1.165) is 22.5 Å². The molecule has 9 aromatic carbocycles. The summed E-state index contributed by atoms with van der Waals surface area (Å²) in [6.45, 7) is 4.71. The fraction of sp³-hybridized carbons (Fsp3) is 0.0536. The lowest BCUT2D eigenvalue weighted by Gasteiger charge is -2.22. The first-order valence-corrected chi connectivity index (χ1v) is 20.2. The van der Waals surface area contributed by atoms with Gasteiger partial charge in [-0.15, -0.1) is 0 Å². The molecular weight excluding hydrogens is 701 g/mol. The molecule has 0 radical (unpaired) electrons. The molecule has 11 aromatic rings. The van der Waals surface area contributed by atoms with E-state index < -0.39 is 0 Å². The SMILES string of the molecule is CC1(C)c2ccccc2-c2ccc(-c3ccc4c(c3)c3c(-c5cccc(-c6ccc7c8ccccc8c8ccccc8c7n6)c5)cccc3n4-c3ccccc3)cc21. The summed E-state index contributed by atoms with van der Waals surface area (Å²) in [4.78, 5) is 5.40. The van der Waals surface area contributed by atoms with Gasteiger partial charge in [0.15, 0.2) is 0 Å². The molecule has 1 aliphatic rings. The van der Waals surface area contributed by atoms with Crippen LogP contribution in [0.5, 0.6) is 0 Å². The number of rotatable bonds is 4. The second-order valence-electron chi connectivity index (χ2n) is 16.3. The Hall–Kier alpha value is -7.29. The highest BCUT2D eigenvalue weighted by Gasteiger charge is 2.35. The number of nitrogens with zero attached hydrogens (tertiary/aromatic N) is 2. The van der Waals surface area contributed by atoms with Crippen LogP contribution in [0, 0.1) is 0 Å². The maximum absolute atomic E-state index is 5.40. The lowest BCUT2D eigenvalue weighted by atomic mass is 9.81. The molecule has 0 aliphatic heterocycles. The average molecular weight is 739 g/mol. The molecule has 0 atom stereocenters. The number of fused-ring (bicyclic) bond motifs is 12. The van der Waals surface area contributed by atoms with Gasteiger partial charge < -0.3 is 4.57 Å². The predicted octanol–water partition coefficient (Wildman–Crippen LogP) is 14.9. The van der Waals surface area contributed by atoms with Crippen molar-refractivity contribution in [1.29, 1.82) is 0 Å². The molecule has 0 unspecified atom stereocenters. The number of pyridine rings is 1. The van der Waals surface area contributed by atoms with Crippen LogP contribution in [0.3, 0.4) is 0 Å². The van der Waals surface area contributed by atoms with Gasteiger partial charge in [-0.05, 0) is 115 Å². The van der Waals surface area contributed by atoms with E-state index in [9.17, 15) is 0 Å². The number of hydrogen-bond acceptors (Lipinski definition) is 1. The molecule has 0 spiro atoms. The summed E-state index contributed by atoms with van der Waals surface area (Å²) in [5.41, 5.74) is 16.9. The molecule has 0 amide bonds. The van der Waals surface area contributed by atoms with Crippen molar-refractivity contribution in [2.24, 2.45) is 0 Å². The van der Waals surface area contributed by atoms with E-state index in [1.165, 1.54) is 93.2 Å². The number of hydrogen-bond donors (Lipinski definition) is 0. The number of para-hydroxylation sites is 1. The van der Waals surface area contributed by atoms with E-state index in [-0.39, 0.29) is 5.41 Å². The maximum Gasteiger partial charge on any atom is 0.0794 e. The zero-order valence-corrected chi connectivity index (χ0v) is 32.4. The van der Waals surface area contributed by atoms with Crippen LogP contribution in [0.25, 0.3) is 105 Å². The first kappa shape index (κ1) is 32.9. The molecule has 2 nitrogen and oxygen atoms in total. The van der Waals surface area contributed by atoms with Crippen molar-refractivity contribution in [3.8, 4) is 50.3 Å². The molecule has 0 bridgehead atoms. The Morgan fingerprint density at radius 3 is 1.83 bits per heavy atom. The van der Waals surface area contributed by atoms with Crippen LogP contribution in [0.15, 0.2) is 194 Å². The summed E-state index contributed by atoms with van der Waals surface area (Å²) in [6.07, 6.45) is 0. The largest absolute Gasteiger partial charge is 0.309 e. The topological polar surface area (TPSA) is 17.8 Å². The van der Waals surface area contributed by atoms with Crippen molar-refractivity contribution in [3.63, 3.8) is 0 Å². The minimum atomic E-state index is -0.0612. The highest BCUT2D eigenvalue weighted by Crippen LogP contribution is 2.50. The third-order valence-electron chi connectivity index (χ3n) is 12.8. The van der Waals surface area contributed by atoms with Crippen molar-refractivity contribution < 1.29 is 0 Å². The summed E-state index contributed by atoms with van der Waals surface area (Å²) in [5.74, 6) is 0. The van der Waals surface area contributed by atoms with Crippen molar-refractivity contribution in [1.82, 2.24) is 9.55 Å². The monoisotopic (exact) mass is 738 g/mol. The lowest BCUT2D eigenvalue weighted by Crippen LogP contribution is -2.14. The van der Waals surface area contributed by atoms with Crippen molar-refractivity contribution >= 4 is 54.3 Å². The van der Waals surface area contributed by atoms with E-state index in [2.05, 4.69) is 213 Å². The second kappa shape index (κ2) is 12.4. The predicted molar refractivity (Wildman–Crippen MR) is 245 cm³/mol. The summed E-state index contributed by atoms with van der Waals surface area (Å²) >= 11 is 0. The maximum atomic E-state index is 5.40. The standard InChI is InChI=1S/C56H38N2/c1-56(2)49-24-11-10-21-44(49)45-28-26-36(34-50(45)56)35-27-31-52-48(33-35)54-40(23-13-25-53(54)58(52)39-16-4-3-5-17-39)37-14-12-15-38(32-37)51-30-29-47-43-20-7-6-18-41(43)42-19-8-9-22-46(42)55(47)57-51/h3-34H,1-2H3. The Morgan fingerprint density at radius 1 is 0.379 bits per heavy atom. The minimum Gasteiger partial charge on any atom is -0.309 e. The van der Waals surface area contributed by atoms with Crippen LogP contribution in [0.4, 0.5) is 0 Å². The molecule has 2 heterocycles. The minimum absolute atomic E-state index is 0.0612. The van der Waals surface area contributed by atoms with Crippen LogP contribution in [-0.2, 0) is 5.41 Å². The molecule has 272 valence electrons. The van der Waals surface area contributed by atoms with Crippen molar-refractivity contribution in [2.75, 3.05) is 0 Å². The van der Waals surface area contributed by atoms with E-state index in [4.69, 9.17) is 4.98 Å². The third kappa shape index (κ3) is 4.75. The first-order chi connectivity index (χ1) is 28.5. The number of benzene rings is 9. The van der Waals surface area contributed by atoms with Gasteiger partial charge >= 0.3 is 0 Å². The number of aromatic nitrogens is 2. The molecule has 0 N–H and O–H groups in total. The average Bonchev–Trinajstić information content (AvgIpc) is 3.74. The van der Waals surface area contributed by atoms with Gasteiger partial charge in [0.05, 0.1) is 22.2 Å². The van der Waals surface area contributed by atoms with Gasteiger partial charge in [0.1, 0.15) is 0 Å². The van der Waals surface area contributed by atoms with Crippen LogP contribution >= 0.6 is 0 Å². The summed E-state index contributed by atoms with van der Waals surface area (Å²) < 4.78 is 2.42. The Bertz CT molecular complexity index is 3440. The van der Waals surface area contributed by atoms with Gasteiger partial charge in [-0.25, -0.2) is 4.98 Å². The normalized spacial score (nSPS) is 13.1. The van der Waals surface area contributed by atoms with Gasteiger partial charge in [-0.3, -0.25) is 0 Å². The van der Waals surface area contributed by atoms with E-state index >= 15 is 0 Å². The van der Waals surface area contributed by atoms with Crippen LogP contribution in [0.1, 0.15) is 25.0 Å². The molecule has 0 saturated heterocycles. The van der Waals surface area contributed by atoms with Crippen LogP contribution in [-0.4, -0.2) is 9.55 Å². The summed E-state index contributed by atoms with van der Waals surface area (Å²) in [6, 6.07) is 71.2. The van der Waals surface area contributed by atoms with Gasteiger partial charge in [0.2, 0.25) is 0 Å². The van der Waals surface area contributed by atoms with E-state index in [1.54, 1.807) is 0 Å². The fourth-order valence-electron chi connectivity index (χ4n) is 10.00. The third-order valence-corrected chi connectivity index (χ3v) is 12.8. The zero-order chi connectivity index (χ0) is 38.5. The highest BCUT2D eigenvalue weighted by molar-refractivity contribution is 6.24. The molecule has 0 fully saturated rings. The molecule has 0 saturated carbocycles. The van der Waals surface area contributed by atoms with Gasteiger partial charge in [0, 0.05) is 38.2 Å². The van der Waals surface area contributed by atoms with Crippen molar-refractivity contribution in [2.45, 2.75) is 19.3 Å². The molecule has 1 aliphatic carbocycles.